The van der Waals surface area contributed by atoms with E-state index >= 15 is 0 Å². The van der Waals surface area contributed by atoms with Gasteiger partial charge in [0.25, 0.3) is 5.91 Å². The van der Waals surface area contributed by atoms with Crippen LogP contribution in [-0.2, 0) is 0 Å². The quantitative estimate of drug-likeness (QED) is 0.832. The van der Waals surface area contributed by atoms with Crippen LogP contribution in [0.4, 0.5) is 0 Å². The van der Waals surface area contributed by atoms with Crippen LogP contribution in [0.25, 0.3) is 0 Å². The number of aryl methyl sites for hydroxylation is 2. The number of aromatic nitrogens is 1. The molecule has 0 unspecified atom stereocenters. The average molecular weight is 272 g/mol. The van der Waals surface area contributed by atoms with Gasteiger partial charge in [0.2, 0.25) is 0 Å². The molecule has 5 nitrogen and oxygen atoms in total. The van der Waals surface area contributed by atoms with Crippen LogP contribution in [0.2, 0.25) is 0 Å². The van der Waals surface area contributed by atoms with Gasteiger partial charge in [0, 0.05) is 19.0 Å². The summed E-state index contributed by atoms with van der Waals surface area (Å²) in [6.45, 7) is 5.38. The molecule has 0 aliphatic heterocycles. The minimum Gasteiger partial charge on any atom is -0.396 e. The minimum absolute atomic E-state index is 0.119. The second-order valence-electron chi connectivity index (χ2n) is 4.94. The van der Waals surface area contributed by atoms with E-state index in [0.29, 0.717) is 11.4 Å². The Kier molecular flexibility index (Phi) is 4.84. The van der Waals surface area contributed by atoms with Crippen LogP contribution < -0.4 is 0 Å². The molecule has 2 N–H and O–H groups in total. The molecule has 6 heteroatoms. The smallest absolute Gasteiger partial charge is 0.265 e. The van der Waals surface area contributed by atoms with Gasteiger partial charge in [0.15, 0.2) is 0 Å². The van der Waals surface area contributed by atoms with Gasteiger partial charge in [-0.1, -0.05) is 6.92 Å². The summed E-state index contributed by atoms with van der Waals surface area (Å²) in [6, 6.07) is 0. The third kappa shape index (κ3) is 3.28. The number of rotatable bonds is 5. The first kappa shape index (κ1) is 15.1. The van der Waals surface area contributed by atoms with Gasteiger partial charge in [0.05, 0.1) is 23.9 Å². The first-order valence-electron chi connectivity index (χ1n) is 5.74. The first-order valence-corrected chi connectivity index (χ1v) is 6.56. The van der Waals surface area contributed by atoms with Gasteiger partial charge >= 0.3 is 0 Å². The van der Waals surface area contributed by atoms with E-state index in [1.165, 1.54) is 16.2 Å². The summed E-state index contributed by atoms with van der Waals surface area (Å²) in [4.78, 5) is 18.6. The molecule has 0 saturated heterocycles. The highest BCUT2D eigenvalue weighted by Gasteiger charge is 2.28. The molecule has 0 aliphatic carbocycles. The van der Waals surface area contributed by atoms with Gasteiger partial charge in [-0.3, -0.25) is 4.79 Å². The van der Waals surface area contributed by atoms with Gasteiger partial charge in [-0.05, 0) is 13.8 Å². The van der Waals surface area contributed by atoms with Crippen LogP contribution in [-0.4, -0.2) is 52.8 Å². The fourth-order valence-electron chi connectivity index (χ4n) is 1.70. The highest BCUT2D eigenvalue weighted by molar-refractivity contribution is 7.13. The molecule has 0 atom stereocenters. The van der Waals surface area contributed by atoms with Crippen LogP contribution in [0, 0.1) is 19.3 Å². The maximum Gasteiger partial charge on any atom is 0.265 e. The molecule has 0 aromatic carbocycles. The summed E-state index contributed by atoms with van der Waals surface area (Å²) in [5.41, 5.74) is 0.0435. The summed E-state index contributed by atoms with van der Waals surface area (Å²) < 4.78 is 0. The van der Waals surface area contributed by atoms with E-state index < -0.39 is 5.41 Å². The van der Waals surface area contributed by atoms with Gasteiger partial charge in [-0.2, -0.15) is 0 Å². The second kappa shape index (κ2) is 5.77. The average Bonchev–Trinajstić information content (AvgIpc) is 2.67. The topological polar surface area (TPSA) is 73.7 Å². The Hall–Kier alpha value is -0.980. The van der Waals surface area contributed by atoms with Gasteiger partial charge in [0.1, 0.15) is 4.88 Å². The van der Waals surface area contributed by atoms with E-state index in [1.807, 2.05) is 13.8 Å². The molecule has 1 heterocycles. The maximum absolute atomic E-state index is 12.2. The van der Waals surface area contributed by atoms with Crippen LogP contribution >= 0.6 is 11.3 Å². The molecule has 102 valence electrons. The predicted molar refractivity (Wildman–Crippen MR) is 70.8 cm³/mol. The number of nitrogens with zero attached hydrogens (tertiary/aromatic N) is 2. The lowest BCUT2D eigenvalue weighted by atomic mass is 9.92. The van der Waals surface area contributed by atoms with Crippen molar-refractivity contribution < 1.29 is 15.0 Å². The molecule has 0 radical (unpaired) electrons. The summed E-state index contributed by atoms with van der Waals surface area (Å²) in [5, 5.41) is 19.3. The molecule has 1 aromatic rings. The molecular formula is C12H20N2O3S. The highest BCUT2D eigenvalue weighted by Crippen LogP contribution is 2.21. The van der Waals surface area contributed by atoms with E-state index in [4.69, 9.17) is 0 Å². The van der Waals surface area contributed by atoms with Crippen molar-refractivity contribution in [3.8, 4) is 0 Å². The number of aliphatic hydroxyl groups is 2. The zero-order valence-electron chi connectivity index (χ0n) is 11.2. The second-order valence-corrected chi connectivity index (χ2v) is 6.14. The summed E-state index contributed by atoms with van der Waals surface area (Å²) in [6.07, 6.45) is 0. The molecule has 0 aliphatic rings. The number of thiazole rings is 1. The fraction of sp³-hybridized carbons (Fsp3) is 0.667. The molecule has 0 spiro atoms. The Balaban J connectivity index is 2.82. The predicted octanol–water partition coefficient (Wildman–Crippen LogP) is 0.823. The SMILES string of the molecule is Cc1nc(C)c(C(=O)N(C)CC(C)(CO)CO)s1. The maximum atomic E-state index is 12.2. The summed E-state index contributed by atoms with van der Waals surface area (Å²) in [5.74, 6) is -0.119. The molecule has 0 bridgehead atoms. The fourth-order valence-corrected chi connectivity index (χ4v) is 2.61. The number of hydrogen-bond acceptors (Lipinski definition) is 5. The van der Waals surface area contributed by atoms with Crippen LogP contribution in [0.1, 0.15) is 27.3 Å². The third-order valence-electron chi connectivity index (χ3n) is 2.83. The third-order valence-corrected chi connectivity index (χ3v) is 3.89. The van der Waals surface area contributed by atoms with Crippen LogP contribution in [0.5, 0.6) is 0 Å². The Morgan fingerprint density at radius 3 is 2.33 bits per heavy atom. The number of amides is 1. The zero-order chi connectivity index (χ0) is 13.9. The van der Waals surface area contributed by atoms with E-state index in [1.54, 1.807) is 14.0 Å². The van der Waals surface area contributed by atoms with Crippen LogP contribution in [0.15, 0.2) is 0 Å². The van der Waals surface area contributed by atoms with E-state index in [9.17, 15) is 15.0 Å². The molecular weight excluding hydrogens is 252 g/mol. The lowest BCUT2D eigenvalue weighted by molar-refractivity contribution is 0.0368. The largest absolute Gasteiger partial charge is 0.396 e. The van der Waals surface area contributed by atoms with Crippen molar-refractivity contribution in [2.45, 2.75) is 20.8 Å². The Bertz CT molecular complexity index is 427. The molecule has 0 fully saturated rings. The van der Waals surface area contributed by atoms with E-state index in [2.05, 4.69) is 4.98 Å². The summed E-state index contributed by atoms with van der Waals surface area (Å²) in [7, 11) is 1.67. The van der Waals surface area contributed by atoms with Crippen molar-refractivity contribution in [1.29, 1.82) is 0 Å². The van der Waals surface area contributed by atoms with Crippen LogP contribution in [0.3, 0.4) is 0 Å². The zero-order valence-corrected chi connectivity index (χ0v) is 12.0. The lowest BCUT2D eigenvalue weighted by Crippen LogP contribution is -2.41. The normalized spacial score (nSPS) is 11.7. The number of carbonyl (C=O) groups is 1. The first-order chi connectivity index (χ1) is 8.33. The number of aliphatic hydroxyl groups excluding tert-OH is 2. The monoisotopic (exact) mass is 272 g/mol. The minimum atomic E-state index is -0.682. The summed E-state index contributed by atoms with van der Waals surface area (Å²) >= 11 is 1.36. The molecule has 0 saturated carbocycles. The van der Waals surface area contributed by atoms with Crippen molar-refractivity contribution in [3.05, 3.63) is 15.6 Å². The Labute approximate surface area is 111 Å². The molecule has 1 aromatic heterocycles. The Morgan fingerprint density at radius 1 is 1.39 bits per heavy atom. The standard InChI is InChI=1S/C12H20N2O3S/c1-8-10(18-9(2)13-8)11(17)14(4)5-12(3,6-15)7-16/h15-16H,5-7H2,1-4H3. The van der Waals surface area contributed by atoms with E-state index in [0.717, 1.165) is 10.7 Å². The van der Waals surface area contributed by atoms with Crippen molar-refractivity contribution in [2.24, 2.45) is 5.41 Å². The molecule has 1 amide bonds. The Morgan fingerprint density at radius 2 is 1.94 bits per heavy atom. The van der Waals surface area contributed by atoms with Crippen molar-refractivity contribution in [3.63, 3.8) is 0 Å². The number of hydrogen-bond donors (Lipinski definition) is 2. The molecule has 1 rings (SSSR count). The van der Waals surface area contributed by atoms with E-state index in [-0.39, 0.29) is 19.1 Å². The molecule has 18 heavy (non-hydrogen) atoms. The lowest BCUT2D eigenvalue weighted by Gasteiger charge is -2.30. The van der Waals surface area contributed by atoms with Gasteiger partial charge in [-0.15, -0.1) is 11.3 Å². The van der Waals surface area contributed by atoms with Gasteiger partial charge in [-0.25, -0.2) is 4.98 Å². The van der Waals surface area contributed by atoms with Gasteiger partial charge < -0.3 is 15.1 Å². The van der Waals surface area contributed by atoms with Crippen molar-refractivity contribution in [1.82, 2.24) is 9.88 Å². The number of carbonyl (C=O) groups excluding carboxylic acids is 1. The highest BCUT2D eigenvalue weighted by atomic mass is 32.1. The van der Waals surface area contributed by atoms with Crippen molar-refractivity contribution in [2.75, 3.05) is 26.8 Å². The van der Waals surface area contributed by atoms with Crippen molar-refractivity contribution >= 4 is 17.2 Å².